The Morgan fingerprint density at radius 3 is 2.39 bits per heavy atom. The number of amides is 1. The minimum atomic E-state index is -2.93. The Morgan fingerprint density at radius 2 is 1.83 bits per heavy atom. The number of carboxylic acid groups (broad SMARTS) is 1. The van der Waals surface area contributed by atoms with Gasteiger partial charge in [-0.15, -0.1) is 0 Å². The van der Waals surface area contributed by atoms with Gasteiger partial charge in [0.05, 0.1) is 5.92 Å². The van der Waals surface area contributed by atoms with Gasteiger partial charge in [-0.3, -0.25) is 9.59 Å². The van der Waals surface area contributed by atoms with Gasteiger partial charge in [0.1, 0.15) is 5.75 Å². The number of rotatable bonds is 5. The molecule has 0 saturated heterocycles. The fourth-order valence-corrected chi connectivity index (χ4v) is 2.75. The van der Waals surface area contributed by atoms with Gasteiger partial charge in [0.25, 0.3) is 0 Å². The van der Waals surface area contributed by atoms with E-state index in [1.165, 1.54) is 6.07 Å². The molecule has 0 heterocycles. The number of anilines is 1. The third-order valence-corrected chi connectivity index (χ3v) is 4.12. The summed E-state index contributed by atoms with van der Waals surface area (Å²) in [4.78, 5) is 23.1. The monoisotopic (exact) mass is 327 g/mol. The van der Waals surface area contributed by atoms with E-state index in [2.05, 4.69) is 10.1 Å². The van der Waals surface area contributed by atoms with E-state index in [-0.39, 0.29) is 23.5 Å². The lowest BCUT2D eigenvalue weighted by atomic mass is 9.81. The zero-order chi connectivity index (χ0) is 17.0. The highest BCUT2D eigenvalue weighted by Crippen LogP contribution is 2.30. The van der Waals surface area contributed by atoms with E-state index in [1.807, 2.05) is 0 Å². The maximum absolute atomic E-state index is 12.3. The number of alkyl halides is 2. The molecule has 7 heteroatoms. The SMILES string of the molecule is Cc1ccc(NC(=O)C2CCC(C(=O)O)CC2)cc1OC(F)F. The molecule has 0 unspecified atom stereocenters. The van der Waals surface area contributed by atoms with Gasteiger partial charge >= 0.3 is 12.6 Å². The molecule has 23 heavy (non-hydrogen) atoms. The molecule has 0 spiro atoms. The molecule has 1 saturated carbocycles. The van der Waals surface area contributed by atoms with Crippen LogP contribution in [0.25, 0.3) is 0 Å². The Balaban J connectivity index is 1.97. The molecule has 0 bridgehead atoms. The van der Waals surface area contributed by atoms with Crippen LogP contribution in [0.1, 0.15) is 31.2 Å². The lowest BCUT2D eigenvalue weighted by Gasteiger charge is -2.25. The Hall–Kier alpha value is -2.18. The second kappa shape index (κ2) is 7.39. The second-order valence-electron chi connectivity index (χ2n) is 5.73. The van der Waals surface area contributed by atoms with Crippen molar-refractivity contribution in [2.24, 2.45) is 11.8 Å². The van der Waals surface area contributed by atoms with Crippen LogP contribution < -0.4 is 10.1 Å². The topological polar surface area (TPSA) is 75.6 Å². The number of carboxylic acids is 1. The Labute approximate surface area is 132 Å². The summed E-state index contributed by atoms with van der Waals surface area (Å²) in [6.07, 6.45) is 1.96. The van der Waals surface area contributed by atoms with Crippen molar-refractivity contribution in [2.75, 3.05) is 5.32 Å². The standard InChI is InChI=1S/C16H19F2NO4/c1-9-2-7-12(8-13(9)23-16(17)18)19-14(20)10-3-5-11(6-4-10)15(21)22/h2,7-8,10-11,16H,3-6H2,1H3,(H,19,20)(H,21,22). The van der Waals surface area contributed by atoms with E-state index in [4.69, 9.17) is 5.11 Å². The van der Waals surface area contributed by atoms with Crippen molar-refractivity contribution < 1.29 is 28.2 Å². The molecule has 2 N–H and O–H groups in total. The number of carbonyl (C=O) groups excluding carboxylic acids is 1. The molecule has 126 valence electrons. The van der Waals surface area contributed by atoms with Crippen molar-refractivity contribution in [1.82, 2.24) is 0 Å². The van der Waals surface area contributed by atoms with Crippen molar-refractivity contribution in [1.29, 1.82) is 0 Å². The zero-order valence-electron chi connectivity index (χ0n) is 12.7. The average molecular weight is 327 g/mol. The quantitative estimate of drug-likeness (QED) is 0.869. The summed E-state index contributed by atoms with van der Waals surface area (Å²) in [6.45, 7) is -1.29. The number of aryl methyl sites for hydroxylation is 1. The van der Waals surface area contributed by atoms with Gasteiger partial charge in [-0.2, -0.15) is 8.78 Å². The number of nitrogens with one attached hydrogen (secondary N) is 1. The highest BCUT2D eigenvalue weighted by molar-refractivity contribution is 5.93. The highest BCUT2D eigenvalue weighted by Gasteiger charge is 2.29. The summed E-state index contributed by atoms with van der Waals surface area (Å²) in [5, 5.41) is 11.6. The number of hydrogen-bond acceptors (Lipinski definition) is 3. The van der Waals surface area contributed by atoms with Gasteiger partial charge in [0.2, 0.25) is 5.91 Å². The van der Waals surface area contributed by atoms with Crippen LogP contribution in [0.2, 0.25) is 0 Å². The normalized spacial score (nSPS) is 21.0. The van der Waals surface area contributed by atoms with Crippen LogP contribution in [0.4, 0.5) is 14.5 Å². The Bertz CT molecular complexity index is 583. The van der Waals surface area contributed by atoms with Gasteiger partial charge in [-0.25, -0.2) is 0 Å². The Morgan fingerprint density at radius 1 is 1.22 bits per heavy atom. The van der Waals surface area contributed by atoms with Gasteiger partial charge in [0, 0.05) is 17.7 Å². The summed E-state index contributed by atoms with van der Waals surface area (Å²) < 4.78 is 29.1. The largest absolute Gasteiger partial charge is 0.481 e. The number of benzene rings is 1. The van der Waals surface area contributed by atoms with Crippen LogP contribution in [0.3, 0.4) is 0 Å². The van der Waals surface area contributed by atoms with E-state index in [1.54, 1.807) is 19.1 Å². The molecule has 1 aromatic rings. The molecule has 1 aliphatic rings. The first-order chi connectivity index (χ1) is 10.9. The van der Waals surface area contributed by atoms with Crippen LogP contribution in [-0.2, 0) is 9.59 Å². The van der Waals surface area contributed by atoms with Gasteiger partial charge in [0.15, 0.2) is 0 Å². The van der Waals surface area contributed by atoms with E-state index in [0.717, 1.165) is 0 Å². The molecule has 2 rings (SSSR count). The number of ether oxygens (including phenoxy) is 1. The first kappa shape index (κ1) is 17.2. The summed E-state index contributed by atoms with van der Waals surface area (Å²) in [6, 6.07) is 4.57. The van der Waals surface area contributed by atoms with Crippen LogP contribution in [0.15, 0.2) is 18.2 Å². The summed E-state index contributed by atoms with van der Waals surface area (Å²) >= 11 is 0. The maximum Gasteiger partial charge on any atom is 0.387 e. The van der Waals surface area contributed by atoms with E-state index >= 15 is 0 Å². The molecule has 1 aromatic carbocycles. The van der Waals surface area contributed by atoms with Crippen LogP contribution in [0.5, 0.6) is 5.75 Å². The lowest BCUT2D eigenvalue weighted by Crippen LogP contribution is -2.29. The minimum absolute atomic E-state index is 0.0207. The van der Waals surface area contributed by atoms with Crippen LogP contribution in [-0.4, -0.2) is 23.6 Å². The molecular formula is C16H19F2NO4. The third-order valence-electron chi connectivity index (χ3n) is 4.12. The predicted molar refractivity (Wildman–Crippen MR) is 79.5 cm³/mol. The number of aliphatic carboxylic acids is 1. The zero-order valence-corrected chi connectivity index (χ0v) is 12.7. The summed E-state index contributed by atoms with van der Waals surface area (Å²) in [5.74, 6) is -1.67. The minimum Gasteiger partial charge on any atom is -0.481 e. The van der Waals surface area contributed by atoms with Crippen LogP contribution >= 0.6 is 0 Å². The third kappa shape index (κ3) is 4.64. The molecule has 0 aromatic heterocycles. The first-order valence-electron chi connectivity index (χ1n) is 7.46. The molecule has 1 fully saturated rings. The van der Waals surface area contributed by atoms with Crippen molar-refractivity contribution in [2.45, 2.75) is 39.2 Å². The van der Waals surface area contributed by atoms with Crippen LogP contribution in [0, 0.1) is 18.8 Å². The first-order valence-corrected chi connectivity index (χ1v) is 7.46. The number of halogens is 2. The Kier molecular flexibility index (Phi) is 5.52. The summed E-state index contributed by atoms with van der Waals surface area (Å²) in [7, 11) is 0. The molecule has 0 atom stereocenters. The van der Waals surface area contributed by atoms with Gasteiger partial charge in [-0.05, 0) is 44.2 Å². The second-order valence-corrected chi connectivity index (χ2v) is 5.73. The van der Waals surface area contributed by atoms with Crippen molar-refractivity contribution >= 4 is 17.6 Å². The molecule has 1 amide bonds. The van der Waals surface area contributed by atoms with Crippen molar-refractivity contribution in [3.63, 3.8) is 0 Å². The van der Waals surface area contributed by atoms with Gasteiger partial charge in [-0.1, -0.05) is 6.07 Å². The number of carbonyl (C=O) groups is 2. The molecule has 5 nitrogen and oxygen atoms in total. The molecular weight excluding hydrogens is 308 g/mol. The molecule has 1 aliphatic carbocycles. The van der Waals surface area contributed by atoms with E-state index in [9.17, 15) is 18.4 Å². The summed E-state index contributed by atoms with van der Waals surface area (Å²) in [5.41, 5.74) is 0.932. The van der Waals surface area contributed by atoms with E-state index in [0.29, 0.717) is 36.9 Å². The van der Waals surface area contributed by atoms with E-state index < -0.39 is 12.6 Å². The predicted octanol–water partition coefficient (Wildman–Crippen LogP) is 3.43. The number of hydrogen-bond donors (Lipinski definition) is 2. The average Bonchev–Trinajstić information content (AvgIpc) is 2.50. The smallest absolute Gasteiger partial charge is 0.387 e. The van der Waals surface area contributed by atoms with Crippen molar-refractivity contribution in [3.8, 4) is 5.75 Å². The lowest BCUT2D eigenvalue weighted by molar-refractivity contribution is -0.143. The highest BCUT2D eigenvalue weighted by atomic mass is 19.3. The molecule has 0 aliphatic heterocycles. The fourth-order valence-electron chi connectivity index (χ4n) is 2.75. The molecule has 0 radical (unpaired) electrons. The van der Waals surface area contributed by atoms with Gasteiger partial charge < -0.3 is 15.2 Å². The maximum atomic E-state index is 12.3. The fraction of sp³-hybridized carbons (Fsp3) is 0.500. The van der Waals surface area contributed by atoms with Crippen molar-refractivity contribution in [3.05, 3.63) is 23.8 Å².